The Morgan fingerprint density at radius 2 is 1.93 bits per heavy atom. The maximum absolute atomic E-state index is 11.8. The van der Waals surface area contributed by atoms with Crippen molar-refractivity contribution in [3.63, 3.8) is 0 Å². The van der Waals surface area contributed by atoms with E-state index in [1.807, 2.05) is 24.3 Å². The van der Waals surface area contributed by atoms with Gasteiger partial charge in [0.05, 0.1) is 11.3 Å². The number of nitrogens with zero attached hydrogens (tertiary/aromatic N) is 3. The van der Waals surface area contributed by atoms with Gasteiger partial charge in [0, 0.05) is 18.8 Å². The molecule has 3 rings (SSSR count). The molecule has 6 nitrogen and oxygen atoms in total. The number of para-hydroxylation sites is 2. The van der Waals surface area contributed by atoms with Crippen molar-refractivity contribution in [1.82, 2.24) is 10.3 Å². The Hall–Kier alpha value is -3.98. The van der Waals surface area contributed by atoms with Crippen molar-refractivity contribution in [3.05, 3.63) is 78.1 Å². The highest BCUT2D eigenvalue weighted by atomic mass is 16.3. The summed E-state index contributed by atoms with van der Waals surface area (Å²) < 4.78 is 0. The predicted molar refractivity (Wildman–Crippen MR) is 103 cm³/mol. The molecule has 0 spiro atoms. The number of aromatic hydroxyl groups is 1. The fourth-order valence-corrected chi connectivity index (χ4v) is 2.59. The van der Waals surface area contributed by atoms with Gasteiger partial charge in [-0.2, -0.15) is 5.26 Å². The van der Waals surface area contributed by atoms with Crippen LogP contribution in [0.15, 0.2) is 71.9 Å². The van der Waals surface area contributed by atoms with Crippen molar-refractivity contribution in [2.45, 2.75) is 0 Å². The number of phenolic OH excluding ortho intramolecular Hbond substituents is 1. The fraction of sp³-hybridized carbons (Fsp3) is 0.0476. The number of carbonyl (C=O) groups is 1. The summed E-state index contributed by atoms with van der Waals surface area (Å²) in [5.74, 6) is -0.404. The maximum Gasteiger partial charge on any atom is 0.269 e. The van der Waals surface area contributed by atoms with Crippen molar-refractivity contribution in [1.29, 1.82) is 5.26 Å². The summed E-state index contributed by atoms with van der Waals surface area (Å²) in [4.78, 5) is 20.2. The van der Waals surface area contributed by atoms with Crippen molar-refractivity contribution < 1.29 is 9.90 Å². The van der Waals surface area contributed by atoms with Crippen molar-refractivity contribution in [3.8, 4) is 22.9 Å². The summed E-state index contributed by atoms with van der Waals surface area (Å²) in [5, 5.41) is 22.8. The number of aliphatic imine (C=N–C) groups is 1. The van der Waals surface area contributed by atoms with E-state index in [-0.39, 0.29) is 23.1 Å². The smallest absolute Gasteiger partial charge is 0.269 e. The zero-order valence-electron chi connectivity index (χ0n) is 14.5. The lowest BCUT2D eigenvalue weighted by Crippen LogP contribution is -2.19. The van der Waals surface area contributed by atoms with Crippen LogP contribution in [0.2, 0.25) is 0 Å². The lowest BCUT2D eigenvalue weighted by molar-refractivity contribution is 0.0958. The zero-order chi connectivity index (χ0) is 19.2. The molecule has 0 fully saturated rings. The number of hydrogen-bond donors (Lipinski definition) is 2. The monoisotopic (exact) mass is 356 g/mol. The van der Waals surface area contributed by atoms with E-state index in [4.69, 9.17) is 0 Å². The minimum Gasteiger partial charge on any atom is -0.507 e. The van der Waals surface area contributed by atoms with Gasteiger partial charge in [0.2, 0.25) is 0 Å². The van der Waals surface area contributed by atoms with Gasteiger partial charge in [-0.3, -0.25) is 9.78 Å². The third-order valence-electron chi connectivity index (χ3n) is 3.92. The normalized spacial score (nSPS) is 10.9. The van der Waals surface area contributed by atoms with Crippen LogP contribution in [0.25, 0.3) is 11.1 Å². The number of hydrogen-bond acceptors (Lipinski definition) is 5. The molecule has 0 saturated heterocycles. The molecule has 1 amide bonds. The number of benzene rings is 2. The first kappa shape index (κ1) is 17.8. The highest BCUT2D eigenvalue weighted by molar-refractivity contribution is 6.15. The van der Waals surface area contributed by atoms with E-state index < -0.39 is 0 Å². The highest BCUT2D eigenvalue weighted by Gasteiger charge is 2.15. The molecule has 0 aliphatic heterocycles. The van der Waals surface area contributed by atoms with Crippen LogP contribution in [-0.2, 0) is 0 Å². The summed E-state index contributed by atoms with van der Waals surface area (Å²) in [7, 11) is 1.52. The topological polar surface area (TPSA) is 98.4 Å². The van der Waals surface area contributed by atoms with Crippen molar-refractivity contribution in [2.24, 2.45) is 4.99 Å². The molecule has 27 heavy (non-hydrogen) atoms. The van der Waals surface area contributed by atoms with Gasteiger partial charge in [-0.25, -0.2) is 4.99 Å². The first-order valence-corrected chi connectivity index (χ1v) is 8.18. The SMILES string of the molecule is CNC(=O)c1cc(-c2cccc(/C(C#N)=N/c3ccccc3)c2O)ccn1. The Balaban J connectivity index is 2.08. The standard InChI is InChI=1S/C21H16N4O2/c1-23-21(27)18-12-14(10-11-24-18)16-8-5-9-17(20(16)26)19(13-22)25-15-6-3-2-4-7-15/h2-12,26H,1H3,(H,23,27)/b25-19+. The molecule has 0 unspecified atom stereocenters. The van der Waals surface area contributed by atoms with Crippen LogP contribution < -0.4 is 5.32 Å². The zero-order valence-corrected chi connectivity index (χ0v) is 14.5. The number of aromatic nitrogens is 1. The second-order valence-corrected chi connectivity index (χ2v) is 5.62. The van der Waals surface area contributed by atoms with Crippen molar-refractivity contribution >= 4 is 17.3 Å². The number of pyridine rings is 1. The van der Waals surface area contributed by atoms with Crippen LogP contribution in [0.4, 0.5) is 5.69 Å². The second kappa shape index (κ2) is 7.93. The molecule has 2 N–H and O–H groups in total. The number of phenols is 1. The third-order valence-corrected chi connectivity index (χ3v) is 3.92. The Morgan fingerprint density at radius 3 is 2.63 bits per heavy atom. The van der Waals surface area contributed by atoms with Crippen LogP contribution in [-0.4, -0.2) is 28.8 Å². The van der Waals surface area contributed by atoms with Gasteiger partial charge in [-0.15, -0.1) is 0 Å². The average molecular weight is 356 g/mol. The Morgan fingerprint density at radius 1 is 1.15 bits per heavy atom. The van der Waals surface area contributed by atoms with Gasteiger partial charge in [0.15, 0.2) is 5.71 Å². The van der Waals surface area contributed by atoms with E-state index in [0.717, 1.165) is 0 Å². The lowest BCUT2D eigenvalue weighted by atomic mass is 9.99. The van der Waals surface area contributed by atoms with Gasteiger partial charge >= 0.3 is 0 Å². The molecule has 6 heteroatoms. The lowest BCUT2D eigenvalue weighted by Gasteiger charge is -2.10. The Kier molecular flexibility index (Phi) is 5.24. The minimum atomic E-state index is -0.323. The summed E-state index contributed by atoms with van der Waals surface area (Å²) in [5.41, 5.74) is 2.36. The molecule has 2 aromatic carbocycles. The van der Waals surface area contributed by atoms with E-state index in [1.165, 1.54) is 13.2 Å². The summed E-state index contributed by atoms with van der Waals surface area (Å²) in [6.45, 7) is 0. The third kappa shape index (κ3) is 3.83. The van der Waals surface area contributed by atoms with Crippen LogP contribution in [0, 0.1) is 11.3 Å². The average Bonchev–Trinajstić information content (AvgIpc) is 2.72. The number of amides is 1. The van der Waals surface area contributed by atoms with Crippen LogP contribution >= 0.6 is 0 Å². The van der Waals surface area contributed by atoms with E-state index in [0.29, 0.717) is 22.4 Å². The molecule has 1 heterocycles. The Labute approximate surface area is 156 Å². The molecule has 0 bridgehead atoms. The van der Waals surface area contributed by atoms with Crippen molar-refractivity contribution in [2.75, 3.05) is 7.05 Å². The number of rotatable bonds is 4. The van der Waals surface area contributed by atoms with Crippen LogP contribution in [0.3, 0.4) is 0 Å². The van der Waals surface area contributed by atoms with Gasteiger partial charge in [0.1, 0.15) is 17.5 Å². The fourth-order valence-electron chi connectivity index (χ4n) is 2.59. The number of nitriles is 1. The highest BCUT2D eigenvalue weighted by Crippen LogP contribution is 2.33. The first-order chi connectivity index (χ1) is 13.1. The maximum atomic E-state index is 11.8. The number of nitrogens with one attached hydrogen (secondary N) is 1. The molecular weight excluding hydrogens is 340 g/mol. The largest absolute Gasteiger partial charge is 0.507 e. The van der Waals surface area contributed by atoms with E-state index in [1.54, 1.807) is 42.5 Å². The summed E-state index contributed by atoms with van der Waals surface area (Å²) in [6, 6.07) is 19.4. The Bertz CT molecular complexity index is 1050. The summed E-state index contributed by atoms with van der Waals surface area (Å²) in [6.07, 6.45) is 1.50. The van der Waals surface area contributed by atoms with Crippen LogP contribution in [0.1, 0.15) is 16.1 Å². The molecule has 3 aromatic rings. The first-order valence-electron chi connectivity index (χ1n) is 8.18. The predicted octanol–water partition coefficient (Wildman–Crippen LogP) is 3.46. The van der Waals surface area contributed by atoms with Crippen LogP contribution in [0.5, 0.6) is 5.75 Å². The van der Waals surface area contributed by atoms with E-state index in [9.17, 15) is 15.2 Å². The molecule has 1 aromatic heterocycles. The van der Waals surface area contributed by atoms with Gasteiger partial charge < -0.3 is 10.4 Å². The molecule has 0 aliphatic rings. The molecule has 0 atom stereocenters. The molecule has 0 aliphatic carbocycles. The van der Waals surface area contributed by atoms with Gasteiger partial charge in [0.25, 0.3) is 5.91 Å². The summed E-state index contributed by atoms with van der Waals surface area (Å²) >= 11 is 0. The second-order valence-electron chi connectivity index (χ2n) is 5.62. The van der Waals surface area contributed by atoms with Gasteiger partial charge in [-0.1, -0.05) is 30.3 Å². The van der Waals surface area contributed by atoms with E-state index in [2.05, 4.69) is 15.3 Å². The molecule has 0 saturated carbocycles. The van der Waals surface area contributed by atoms with E-state index >= 15 is 0 Å². The minimum absolute atomic E-state index is 0.0808. The molecular formula is C21H16N4O2. The molecule has 132 valence electrons. The molecule has 0 radical (unpaired) electrons. The number of carbonyl (C=O) groups excluding carboxylic acids is 1. The van der Waals surface area contributed by atoms with Gasteiger partial charge in [-0.05, 0) is 35.9 Å². The quantitative estimate of drug-likeness (QED) is 0.699.